The van der Waals surface area contributed by atoms with E-state index < -0.39 is 0 Å². The van der Waals surface area contributed by atoms with Gasteiger partial charge in [0.2, 0.25) is 0 Å². The Kier molecular flexibility index (Phi) is 11.9. The lowest BCUT2D eigenvalue weighted by Crippen LogP contribution is -1.98. The molecule has 0 fully saturated rings. The minimum atomic E-state index is 0.883. The summed E-state index contributed by atoms with van der Waals surface area (Å²) in [4.78, 5) is 14.0. The number of aryl methyl sites for hydroxylation is 4. The predicted octanol–water partition coefficient (Wildman–Crippen LogP) is 17.0. The lowest BCUT2D eigenvalue weighted by atomic mass is 9.90. The third-order valence-electron chi connectivity index (χ3n) is 13.7. The van der Waals surface area contributed by atoms with Gasteiger partial charge in [0.1, 0.15) is 11.2 Å². The lowest BCUT2D eigenvalue weighted by Gasteiger charge is -2.15. The first-order valence-electron chi connectivity index (χ1n) is 24.5. The summed E-state index contributed by atoms with van der Waals surface area (Å²) in [7, 11) is 0. The third kappa shape index (κ3) is 9.32. The van der Waals surface area contributed by atoms with E-state index in [-0.39, 0.29) is 0 Å². The molecule has 0 unspecified atom stereocenters. The Bertz CT molecular complexity index is 3670. The number of furan rings is 1. The van der Waals surface area contributed by atoms with Crippen LogP contribution in [-0.4, -0.2) is 15.0 Å². The maximum atomic E-state index is 6.65. The average Bonchev–Trinajstić information content (AvgIpc) is 3.83. The van der Waals surface area contributed by atoms with Crippen molar-refractivity contribution < 1.29 is 4.42 Å². The molecular weight excluding hydrogens is 863 g/mol. The van der Waals surface area contributed by atoms with Crippen LogP contribution in [0.2, 0.25) is 0 Å². The van der Waals surface area contributed by atoms with E-state index in [9.17, 15) is 0 Å². The van der Waals surface area contributed by atoms with Gasteiger partial charge in [0.25, 0.3) is 0 Å². The van der Waals surface area contributed by atoms with E-state index in [1.54, 1.807) is 0 Å². The van der Waals surface area contributed by atoms with E-state index in [1.165, 1.54) is 44.5 Å². The fourth-order valence-electron chi connectivity index (χ4n) is 9.93. The van der Waals surface area contributed by atoms with E-state index in [4.69, 9.17) is 9.40 Å². The van der Waals surface area contributed by atoms with E-state index in [1.807, 2.05) is 48.9 Å². The van der Waals surface area contributed by atoms with Crippen LogP contribution in [0.1, 0.15) is 22.3 Å². The molecule has 4 aromatic heterocycles. The van der Waals surface area contributed by atoms with Crippen LogP contribution in [0.15, 0.2) is 254 Å². The summed E-state index contributed by atoms with van der Waals surface area (Å²) in [6.45, 7) is 0. The number of para-hydroxylation sites is 1. The molecule has 12 rings (SSSR count). The van der Waals surface area contributed by atoms with Gasteiger partial charge in [0.15, 0.2) is 0 Å². The highest BCUT2D eigenvalue weighted by Gasteiger charge is 2.16. The number of aromatic nitrogens is 3. The molecule has 0 aliphatic heterocycles. The van der Waals surface area contributed by atoms with Crippen molar-refractivity contribution in [3.05, 3.63) is 271 Å². The zero-order valence-electron chi connectivity index (χ0n) is 39.2. The van der Waals surface area contributed by atoms with E-state index in [2.05, 4.69) is 210 Å². The van der Waals surface area contributed by atoms with Gasteiger partial charge in [-0.25, -0.2) is 0 Å². The maximum Gasteiger partial charge on any atom is 0.143 e. The largest absolute Gasteiger partial charge is 0.455 e. The van der Waals surface area contributed by atoms with Crippen LogP contribution in [-0.2, 0) is 25.7 Å². The first-order valence-corrected chi connectivity index (χ1v) is 24.5. The number of hydrogen-bond donors (Lipinski definition) is 0. The Morgan fingerprint density at radius 2 is 0.789 bits per heavy atom. The van der Waals surface area contributed by atoms with Crippen LogP contribution in [0.5, 0.6) is 0 Å². The Morgan fingerprint density at radius 1 is 0.268 bits per heavy atom. The number of benzene rings is 8. The molecule has 0 radical (unpaired) electrons. The standard InChI is InChI=1S/C67H49N3O/c1-2-11-50(12-3-1)55-35-36-61-62-16-10-15-60(67(62)71-66(61)45-55)56-37-40-70-65(44-56)54-33-31-51(32-34-54)58-13-4-5-14-59(58)57-42-48(21-19-46-23-27-52(28-24-46)63-17-6-8-38-68-63)41-49(43-57)22-20-47-25-29-53(30-26-47)64-18-7-9-39-69-64/h1-18,23-45H,19-22H2. The van der Waals surface area contributed by atoms with Crippen LogP contribution in [0.3, 0.4) is 0 Å². The topological polar surface area (TPSA) is 51.8 Å². The molecule has 0 bridgehead atoms. The second-order valence-corrected chi connectivity index (χ2v) is 18.3. The van der Waals surface area contributed by atoms with Gasteiger partial charge in [-0.2, -0.15) is 0 Å². The molecule has 4 heterocycles. The van der Waals surface area contributed by atoms with Crippen LogP contribution < -0.4 is 0 Å². The predicted molar refractivity (Wildman–Crippen MR) is 293 cm³/mol. The lowest BCUT2D eigenvalue weighted by molar-refractivity contribution is 0.670. The summed E-state index contributed by atoms with van der Waals surface area (Å²) in [5, 5.41) is 2.22. The minimum Gasteiger partial charge on any atom is -0.455 e. The van der Waals surface area contributed by atoms with Gasteiger partial charge in [-0.15, -0.1) is 0 Å². The van der Waals surface area contributed by atoms with Gasteiger partial charge in [0.05, 0.1) is 17.1 Å². The Morgan fingerprint density at radius 3 is 1.42 bits per heavy atom. The SMILES string of the molecule is c1ccc(-c2ccc3c(c2)oc2c(-c4ccnc(-c5ccc(-c6ccccc6-c6cc(CCc7ccc(-c8ccccn8)cc7)cc(CCc7ccc(-c8ccccn8)cc7)c6)cc5)c4)cccc23)cc1. The van der Waals surface area contributed by atoms with Crippen LogP contribution in [0, 0.1) is 0 Å². The fraction of sp³-hybridized carbons (Fsp3) is 0.0597. The second kappa shape index (κ2) is 19.6. The van der Waals surface area contributed by atoms with Crippen molar-refractivity contribution in [3.8, 4) is 78.3 Å². The highest BCUT2D eigenvalue weighted by Crippen LogP contribution is 2.39. The smallest absolute Gasteiger partial charge is 0.143 e. The van der Waals surface area contributed by atoms with Crippen molar-refractivity contribution in [2.75, 3.05) is 0 Å². The molecular formula is C67H49N3O. The average molecular weight is 912 g/mol. The molecule has 0 atom stereocenters. The quantitative estimate of drug-likeness (QED) is 0.116. The first kappa shape index (κ1) is 43.3. The van der Waals surface area contributed by atoms with Gasteiger partial charge >= 0.3 is 0 Å². The highest BCUT2D eigenvalue weighted by molar-refractivity contribution is 6.10. The molecule has 0 aliphatic carbocycles. The summed E-state index contributed by atoms with van der Waals surface area (Å²) >= 11 is 0. The summed E-state index contributed by atoms with van der Waals surface area (Å²) in [5.74, 6) is 0. The third-order valence-corrected chi connectivity index (χ3v) is 13.7. The summed E-state index contributed by atoms with van der Waals surface area (Å²) in [5.41, 5.74) is 22.5. The number of rotatable bonds is 13. The Labute approximate surface area is 414 Å². The maximum absolute atomic E-state index is 6.65. The van der Waals surface area contributed by atoms with Gasteiger partial charge in [-0.3, -0.25) is 15.0 Å². The van der Waals surface area contributed by atoms with Crippen molar-refractivity contribution in [3.63, 3.8) is 0 Å². The molecule has 4 nitrogen and oxygen atoms in total. The molecule has 0 spiro atoms. The minimum absolute atomic E-state index is 0.883. The van der Waals surface area contributed by atoms with E-state index >= 15 is 0 Å². The van der Waals surface area contributed by atoms with Gasteiger partial charge < -0.3 is 4.42 Å². The first-order chi connectivity index (χ1) is 35.1. The van der Waals surface area contributed by atoms with Gasteiger partial charge in [-0.1, -0.05) is 182 Å². The molecule has 0 saturated heterocycles. The summed E-state index contributed by atoms with van der Waals surface area (Å²) < 4.78 is 6.65. The fourth-order valence-corrected chi connectivity index (χ4v) is 9.93. The van der Waals surface area contributed by atoms with Crippen LogP contribution >= 0.6 is 0 Å². The number of fused-ring (bicyclic) bond motifs is 3. The van der Waals surface area contributed by atoms with Crippen molar-refractivity contribution >= 4 is 21.9 Å². The Hall–Kier alpha value is -8.99. The molecule has 0 amide bonds. The molecule has 12 aromatic rings. The normalized spacial score (nSPS) is 11.3. The van der Waals surface area contributed by atoms with Crippen molar-refractivity contribution in [2.45, 2.75) is 25.7 Å². The molecule has 0 N–H and O–H groups in total. The number of hydrogen-bond acceptors (Lipinski definition) is 4. The Balaban J connectivity index is 0.826. The summed E-state index contributed by atoms with van der Waals surface area (Å²) in [6, 6.07) is 82.4. The summed E-state index contributed by atoms with van der Waals surface area (Å²) in [6.07, 6.45) is 9.37. The second-order valence-electron chi connectivity index (χ2n) is 18.3. The molecule has 71 heavy (non-hydrogen) atoms. The number of pyridine rings is 3. The van der Waals surface area contributed by atoms with E-state index in [0.717, 1.165) is 104 Å². The van der Waals surface area contributed by atoms with Crippen LogP contribution in [0.25, 0.3) is 100 Å². The van der Waals surface area contributed by atoms with Crippen molar-refractivity contribution in [2.24, 2.45) is 0 Å². The molecule has 8 aromatic carbocycles. The van der Waals surface area contributed by atoms with Crippen molar-refractivity contribution in [1.82, 2.24) is 15.0 Å². The molecule has 4 heteroatoms. The monoisotopic (exact) mass is 911 g/mol. The van der Waals surface area contributed by atoms with Gasteiger partial charge in [0, 0.05) is 51.6 Å². The molecule has 0 saturated carbocycles. The van der Waals surface area contributed by atoms with Crippen molar-refractivity contribution in [1.29, 1.82) is 0 Å². The van der Waals surface area contributed by atoms with E-state index in [0.29, 0.717) is 0 Å². The highest BCUT2D eigenvalue weighted by atomic mass is 16.3. The zero-order valence-corrected chi connectivity index (χ0v) is 39.2. The molecule has 0 aliphatic rings. The zero-order chi connectivity index (χ0) is 47.3. The van der Waals surface area contributed by atoms with Crippen LogP contribution in [0.4, 0.5) is 0 Å². The number of nitrogens with zero attached hydrogens (tertiary/aromatic N) is 3. The molecule has 338 valence electrons. The van der Waals surface area contributed by atoms with Gasteiger partial charge in [-0.05, 0) is 135 Å².